The Balaban J connectivity index is 1.52. The summed E-state index contributed by atoms with van der Waals surface area (Å²) in [5.74, 6) is -1.69. The van der Waals surface area contributed by atoms with Crippen LogP contribution in [0.5, 0.6) is 17.2 Å². The standard InChI is InChI=1S/C34H46FN3O8S/c1-5-8-24(9-6-2)38(25-10-11-27(35)22(3)16-25)31(39)20-36-19-26(23-17-29(44-4)33-30(18-23)45-21-46-33)32(34(40)41)28(36)12-14-37-13-7-15-47(37,42)43/h10-11,16-18,24,26,28,32H,5-9,12-15,19-21H2,1-4H3,(H,40,41)/t26-,28+,32?/m1/s1. The van der Waals surface area contributed by atoms with Gasteiger partial charge in [0.05, 0.1) is 25.3 Å². The molecule has 0 radical (unpaired) electrons. The number of hydrogen-bond donors (Lipinski definition) is 1. The number of rotatable bonds is 14. The van der Waals surface area contributed by atoms with Gasteiger partial charge in [-0.05, 0) is 74.1 Å². The molecule has 3 aliphatic rings. The van der Waals surface area contributed by atoms with Crippen molar-refractivity contribution in [1.82, 2.24) is 9.21 Å². The lowest BCUT2D eigenvalue weighted by Crippen LogP contribution is -2.48. The van der Waals surface area contributed by atoms with E-state index >= 15 is 0 Å². The zero-order valence-corrected chi connectivity index (χ0v) is 28.4. The lowest BCUT2D eigenvalue weighted by atomic mass is 9.84. The summed E-state index contributed by atoms with van der Waals surface area (Å²) in [4.78, 5) is 31.2. The number of aryl methyl sites for hydroxylation is 1. The molecule has 0 aromatic heterocycles. The maximum Gasteiger partial charge on any atom is 0.308 e. The number of nitrogens with zero attached hydrogens (tertiary/aromatic N) is 3. The SMILES string of the molecule is CCCC(CCC)N(C(=O)CN1C[C@H](c2cc(OC)c3c(c2)OCO3)C(C(=O)O)[C@@H]1CCN1CCCS1(=O)=O)c1ccc(F)c(C)c1. The number of hydrogen-bond acceptors (Lipinski definition) is 8. The molecule has 3 aliphatic heterocycles. The molecule has 5 rings (SSSR count). The number of ether oxygens (including phenoxy) is 3. The predicted octanol–water partition coefficient (Wildman–Crippen LogP) is 4.77. The molecule has 2 aromatic rings. The van der Waals surface area contributed by atoms with Gasteiger partial charge >= 0.3 is 5.97 Å². The molecule has 1 amide bonds. The molecule has 0 aliphatic carbocycles. The average molecular weight is 676 g/mol. The number of methoxy groups -OCH3 is 1. The Morgan fingerprint density at radius 1 is 1.15 bits per heavy atom. The van der Waals surface area contributed by atoms with Crippen LogP contribution in [0.15, 0.2) is 30.3 Å². The highest BCUT2D eigenvalue weighted by molar-refractivity contribution is 7.89. The van der Waals surface area contributed by atoms with Crippen LogP contribution in [0.1, 0.15) is 69.4 Å². The molecular formula is C34H46FN3O8S. The van der Waals surface area contributed by atoms with E-state index in [9.17, 15) is 27.5 Å². The third-order valence-corrected chi connectivity index (χ3v) is 11.6. The van der Waals surface area contributed by atoms with Gasteiger partial charge in [0, 0.05) is 43.3 Å². The minimum Gasteiger partial charge on any atom is -0.493 e. The van der Waals surface area contributed by atoms with Crippen molar-refractivity contribution in [2.45, 2.75) is 77.3 Å². The van der Waals surface area contributed by atoms with Crippen LogP contribution in [0.2, 0.25) is 0 Å². The Morgan fingerprint density at radius 2 is 1.89 bits per heavy atom. The van der Waals surface area contributed by atoms with Gasteiger partial charge in [-0.25, -0.2) is 17.1 Å². The fourth-order valence-corrected chi connectivity index (χ4v) is 8.97. The highest BCUT2D eigenvalue weighted by Crippen LogP contribution is 2.47. The topological polar surface area (TPSA) is 126 Å². The molecule has 2 aromatic carbocycles. The number of amides is 1. The highest BCUT2D eigenvalue weighted by atomic mass is 32.2. The van der Waals surface area contributed by atoms with E-state index in [-0.39, 0.29) is 56.4 Å². The number of carboxylic acid groups (broad SMARTS) is 1. The van der Waals surface area contributed by atoms with E-state index in [4.69, 9.17) is 14.2 Å². The van der Waals surface area contributed by atoms with Crippen LogP contribution in [-0.4, -0.2) is 92.5 Å². The highest BCUT2D eigenvalue weighted by Gasteiger charge is 2.48. The summed E-state index contributed by atoms with van der Waals surface area (Å²) in [7, 11) is -1.90. The molecule has 0 spiro atoms. The summed E-state index contributed by atoms with van der Waals surface area (Å²) in [6.07, 6.45) is 3.97. The summed E-state index contributed by atoms with van der Waals surface area (Å²) >= 11 is 0. The maximum absolute atomic E-state index is 14.4. The van der Waals surface area contributed by atoms with Gasteiger partial charge in [0.2, 0.25) is 28.5 Å². The monoisotopic (exact) mass is 675 g/mol. The van der Waals surface area contributed by atoms with Crippen molar-refractivity contribution >= 4 is 27.6 Å². The molecule has 2 saturated heterocycles. The molecular weight excluding hydrogens is 629 g/mol. The normalized spacial score (nSPS) is 22.2. The molecule has 1 unspecified atom stereocenters. The van der Waals surface area contributed by atoms with Crippen molar-refractivity contribution in [2.24, 2.45) is 5.92 Å². The Hall–Kier alpha value is -3.42. The quantitative estimate of drug-likeness (QED) is 0.302. The number of carbonyl (C=O) groups is 2. The minimum absolute atomic E-state index is 0.0190. The van der Waals surface area contributed by atoms with Gasteiger partial charge in [-0.3, -0.25) is 14.5 Å². The van der Waals surface area contributed by atoms with Gasteiger partial charge in [-0.2, -0.15) is 0 Å². The largest absolute Gasteiger partial charge is 0.493 e. The summed E-state index contributed by atoms with van der Waals surface area (Å²) in [6.45, 7) is 6.52. The number of aliphatic carboxylic acids is 1. The van der Waals surface area contributed by atoms with Gasteiger partial charge in [0.15, 0.2) is 11.5 Å². The van der Waals surface area contributed by atoms with Crippen LogP contribution in [0.4, 0.5) is 10.1 Å². The zero-order valence-electron chi connectivity index (χ0n) is 27.6. The number of carboxylic acids is 1. The lowest BCUT2D eigenvalue weighted by molar-refractivity contribution is -0.143. The van der Waals surface area contributed by atoms with E-state index in [0.29, 0.717) is 47.0 Å². The molecule has 0 saturated carbocycles. The molecule has 13 heteroatoms. The fraction of sp³-hybridized carbons (Fsp3) is 0.588. The third kappa shape index (κ3) is 7.36. The van der Waals surface area contributed by atoms with Gasteiger partial charge in [-0.15, -0.1) is 0 Å². The molecule has 2 fully saturated rings. The third-order valence-electron chi connectivity index (χ3n) is 9.66. The van der Waals surface area contributed by atoms with Crippen molar-refractivity contribution in [2.75, 3.05) is 50.7 Å². The van der Waals surface area contributed by atoms with Crippen molar-refractivity contribution in [3.05, 3.63) is 47.3 Å². The van der Waals surface area contributed by atoms with Crippen molar-refractivity contribution < 1.29 is 41.7 Å². The van der Waals surface area contributed by atoms with Crippen molar-refractivity contribution in [3.63, 3.8) is 0 Å². The zero-order chi connectivity index (χ0) is 33.9. The van der Waals surface area contributed by atoms with Crippen LogP contribution in [0, 0.1) is 18.7 Å². The molecule has 11 nitrogen and oxygen atoms in total. The van der Waals surface area contributed by atoms with Gasteiger partial charge in [-0.1, -0.05) is 26.7 Å². The first-order chi connectivity index (χ1) is 22.5. The number of anilines is 1. The van der Waals surface area contributed by atoms with Crippen LogP contribution in [-0.2, 0) is 19.6 Å². The van der Waals surface area contributed by atoms with Crippen LogP contribution >= 0.6 is 0 Å². The van der Waals surface area contributed by atoms with E-state index in [1.807, 2.05) is 4.90 Å². The van der Waals surface area contributed by atoms with Crippen LogP contribution in [0.25, 0.3) is 0 Å². The Kier molecular flexibility index (Phi) is 11.0. The van der Waals surface area contributed by atoms with Crippen molar-refractivity contribution in [3.8, 4) is 17.2 Å². The first kappa shape index (κ1) is 34.9. The fourth-order valence-electron chi connectivity index (χ4n) is 7.43. The van der Waals surface area contributed by atoms with Gasteiger partial charge in [0.25, 0.3) is 0 Å². The molecule has 47 heavy (non-hydrogen) atoms. The first-order valence-electron chi connectivity index (χ1n) is 16.5. The van der Waals surface area contributed by atoms with E-state index in [1.165, 1.54) is 17.5 Å². The first-order valence-corrected chi connectivity index (χ1v) is 18.1. The Labute approximate surface area is 276 Å². The minimum atomic E-state index is -3.40. The van der Waals surface area contributed by atoms with Crippen molar-refractivity contribution in [1.29, 1.82) is 0 Å². The average Bonchev–Trinajstić information content (AvgIpc) is 3.74. The Bertz CT molecular complexity index is 1560. The molecule has 258 valence electrons. The summed E-state index contributed by atoms with van der Waals surface area (Å²) in [6, 6.07) is 7.45. The van der Waals surface area contributed by atoms with Crippen LogP contribution in [0.3, 0.4) is 0 Å². The second-order valence-electron chi connectivity index (χ2n) is 12.7. The van der Waals surface area contributed by atoms with E-state index in [0.717, 1.165) is 25.7 Å². The molecule has 3 heterocycles. The second-order valence-corrected chi connectivity index (χ2v) is 14.8. The lowest BCUT2D eigenvalue weighted by Gasteiger charge is -2.35. The van der Waals surface area contributed by atoms with E-state index in [2.05, 4.69) is 13.8 Å². The maximum atomic E-state index is 14.4. The Morgan fingerprint density at radius 3 is 2.51 bits per heavy atom. The molecule has 1 N–H and O–H groups in total. The number of fused-ring (bicyclic) bond motifs is 1. The summed E-state index contributed by atoms with van der Waals surface area (Å²) < 4.78 is 57.8. The van der Waals surface area contributed by atoms with E-state index < -0.39 is 33.9 Å². The van der Waals surface area contributed by atoms with E-state index in [1.54, 1.807) is 36.1 Å². The number of halogens is 1. The molecule has 3 atom stereocenters. The number of likely N-dealkylation sites (tertiary alicyclic amines) is 1. The van der Waals surface area contributed by atoms with Gasteiger partial charge < -0.3 is 24.2 Å². The predicted molar refractivity (Wildman–Crippen MR) is 175 cm³/mol. The second kappa shape index (κ2) is 14.8. The molecule has 0 bridgehead atoms. The smallest absolute Gasteiger partial charge is 0.308 e. The summed E-state index contributed by atoms with van der Waals surface area (Å²) in [5.41, 5.74) is 1.71. The number of sulfonamides is 1. The van der Waals surface area contributed by atoms with Gasteiger partial charge in [0.1, 0.15) is 5.82 Å². The van der Waals surface area contributed by atoms with Crippen LogP contribution < -0.4 is 19.1 Å². The number of benzene rings is 2. The number of carbonyl (C=O) groups excluding carboxylic acids is 1. The summed E-state index contributed by atoms with van der Waals surface area (Å²) in [5, 5.41) is 10.7.